The van der Waals surface area contributed by atoms with E-state index in [2.05, 4.69) is 22.3 Å². The lowest BCUT2D eigenvalue weighted by molar-refractivity contribution is -0.111. The van der Waals surface area contributed by atoms with E-state index in [1.54, 1.807) is 19.2 Å². The second kappa shape index (κ2) is 8.56. The molecular weight excluding hydrogens is 394 g/mol. The first kappa shape index (κ1) is 20.7. The summed E-state index contributed by atoms with van der Waals surface area (Å²) < 4.78 is 34.1. The molecule has 0 spiro atoms. The fraction of sp³-hybridized carbons (Fsp3) is 0.0952. The van der Waals surface area contributed by atoms with E-state index < -0.39 is 17.5 Å². The van der Waals surface area contributed by atoms with E-state index in [0.717, 1.165) is 22.9 Å². The van der Waals surface area contributed by atoms with Gasteiger partial charge in [-0.1, -0.05) is 6.58 Å². The first-order chi connectivity index (χ1) is 14.3. The molecule has 3 rings (SSSR count). The maximum atomic E-state index is 14.1. The summed E-state index contributed by atoms with van der Waals surface area (Å²) in [6, 6.07) is 9.05. The summed E-state index contributed by atoms with van der Waals surface area (Å²) in [6.07, 6.45) is 1.11. The zero-order valence-electron chi connectivity index (χ0n) is 16.2. The molecule has 154 valence electrons. The summed E-state index contributed by atoms with van der Waals surface area (Å²) in [5, 5.41) is 9.63. The molecule has 30 heavy (non-hydrogen) atoms. The summed E-state index contributed by atoms with van der Waals surface area (Å²) in [4.78, 5) is 23.8. The van der Waals surface area contributed by atoms with E-state index in [-0.39, 0.29) is 22.7 Å². The van der Waals surface area contributed by atoms with E-state index in [9.17, 15) is 18.4 Å². The van der Waals surface area contributed by atoms with Crippen molar-refractivity contribution in [2.24, 2.45) is 7.05 Å². The Bertz CT molecular complexity index is 1190. The van der Waals surface area contributed by atoms with Crippen LogP contribution in [-0.2, 0) is 11.8 Å². The minimum atomic E-state index is -0.880. The largest absolute Gasteiger partial charge is 0.454 e. The second-order valence-electron chi connectivity index (χ2n) is 6.20. The molecule has 0 radical (unpaired) electrons. The van der Waals surface area contributed by atoms with E-state index in [1.165, 1.54) is 19.2 Å². The van der Waals surface area contributed by atoms with Gasteiger partial charge in [-0.3, -0.25) is 9.59 Å². The molecule has 0 fully saturated rings. The van der Waals surface area contributed by atoms with Gasteiger partial charge in [-0.2, -0.15) is 5.10 Å². The summed E-state index contributed by atoms with van der Waals surface area (Å²) in [5.41, 5.74) is 1.04. The van der Waals surface area contributed by atoms with E-state index >= 15 is 0 Å². The van der Waals surface area contributed by atoms with Crippen LogP contribution in [0.5, 0.6) is 11.5 Å². The first-order valence-electron chi connectivity index (χ1n) is 8.79. The normalized spacial score (nSPS) is 10.4. The van der Waals surface area contributed by atoms with Gasteiger partial charge in [0.1, 0.15) is 17.3 Å². The highest BCUT2D eigenvalue weighted by molar-refractivity contribution is 5.99. The molecule has 7 nitrogen and oxygen atoms in total. The molecule has 0 aliphatic heterocycles. The monoisotopic (exact) mass is 412 g/mol. The Hall–Kier alpha value is -4.01. The Morgan fingerprint density at radius 2 is 1.90 bits per heavy atom. The number of ether oxygens (including phenoxy) is 1. The van der Waals surface area contributed by atoms with Gasteiger partial charge in [-0.05, 0) is 42.5 Å². The van der Waals surface area contributed by atoms with Crippen LogP contribution in [0.1, 0.15) is 0 Å². The molecule has 0 saturated heterocycles. The van der Waals surface area contributed by atoms with Crippen molar-refractivity contribution in [3.05, 3.63) is 77.1 Å². The van der Waals surface area contributed by atoms with E-state index in [4.69, 9.17) is 4.74 Å². The smallest absolute Gasteiger partial charge is 0.289 e. The molecule has 1 aromatic heterocycles. The number of anilines is 2. The van der Waals surface area contributed by atoms with E-state index in [1.807, 2.05) is 0 Å². The Balaban J connectivity index is 2.15. The van der Waals surface area contributed by atoms with Crippen LogP contribution < -0.4 is 20.9 Å². The number of hydrogen-bond acceptors (Lipinski definition) is 5. The van der Waals surface area contributed by atoms with Crippen LogP contribution in [0.4, 0.5) is 20.2 Å². The molecule has 0 unspecified atom stereocenters. The lowest BCUT2D eigenvalue weighted by Crippen LogP contribution is -2.22. The van der Waals surface area contributed by atoms with Crippen molar-refractivity contribution in [2.75, 3.05) is 17.7 Å². The third-order valence-electron chi connectivity index (χ3n) is 4.15. The van der Waals surface area contributed by atoms with Crippen molar-refractivity contribution in [3.8, 4) is 22.8 Å². The molecular formula is C21H18F2N4O3. The molecule has 2 N–H and O–H groups in total. The third-order valence-corrected chi connectivity index (χ3v) is 4.15. The second-order valence-corrected chi connectivity index (χ2v) is 6.20. The van der Waals surface area contributed by atoms with Crippen molar-refractivity contribution in [1.29, 1.82) is 0 Å². The van der Waals surface area contributed by atoms with Gasteiger partial charge in [0.25, 0.3) is 5.56 Å². The lowest BCUT2D eigenvalue weighted by Gasteiger charge is -2.15. The Morgan fingerprint density at radius 3 is 2.57 bits per heavy atom. The van der Waals surface area contributed by atoms with Crippen LogP contribution in [0.3, 0.4) is 0 Å². The van der Waals surface area contributed by atoms with Crippen LogP contribution >= 0.6 is 0 Å². The zero-order chi connectivity index (χ0) is 21.8. The Kier molecular flexibility index (Phi) is 5.91. The van der Waals surface area contributed by atoms with Gasteiger partial charge in [-0.25, -0.2) is 13.5 Å². The van der Waals surface area contributed by atoms with Crippen molar-refractivity contribution < 1.29 is 18.3 Å². The molecule has 1 amide bonds. The molecule has 0 atom stereocenters. The van der Waals surface area contributed by atoms with Crippen molar-refractivity contribution in [1.82, 2.24) is 9.78 Å². The minimum Gasteiger partial charge on any atom is -0.454 e. The molecule has 1 heterocycles. The van der Waals surface area contributed by atoms with Gasteiger partial charge < -0.3 is 15.4 Å². The Labute approximate surface area is 170 Å². The van der Waals surface area contributed by atoms with Crippen LogP contribution in [-0.4, -0.2) is 22.7 Å². The number of halogens is 2. The number of nitrogens with one attached hydrogen (secondary N) is 2. The number of benzene rings is 2. The van der Waals surface area contributed by atoms with Crippen molar-refractivity contribution >= 4 is 17.3 Å². The summed E-state index contributed by atoms with van der Waals surface area (Å²) in [7, 11) is 3.07. The van der Waals surface area contributed by atoms with Gasteiger partial charge >= 0.3 is 0 Å². The van der Waals surface area contributed by atoms with Crippen LogP contribution in [0.2, 0.25) is 0 Å². The summed E-state index contributed by atoms with van der Waals surface area (Å²) in [5.74, 6) is -2.05. The van der Waals surface area contributed by atoms with Crippen molar-refractivity contribution in [2.45, 2.75) is 0 Å². The van der Waals surface area contributed by atoms with Crippen LogP contribution in [0.15, 0.2) is 59.9 Å². The number of rotatable bonds is 6. The number of carbonyl (C=O) groups excluding carboxylic acids is 1. The highest BCUT2D eigenvalue weighted by Crippen LogP contribution is 2.36. The molecule has 0 bridgehead atoms. The van der Waals surface area contributed by atoms with Gasteiger partial charge in [-0.15, -0.1) is 0 Å². The predicted molar refractivity (Wildman–Crippen MR) is 110 cm³/mol. The number of hydrogen-bond donors (Lipinski definition) is 2. The molecule has 9 heteroatoms. The summed E-state index contributed by atoms with van der Waals surface area (Å²) >= 11 is 0. The molecule has 0 aliphatic carbocycles. The SMILES string of the molecule is C=CC(=O)Nc1ccc(Oc2ccc(F)cc2F)c(-c2cc(NC)c(=O)n(C)n2)c1. The highest BCUT2D eigenvalue weighted by Gasteiger charge is 2.16. The topological polar surface area (TPSA) is 85.3 Å². The third kappa shape index (κ3) is 4.35. The van der Waals surface area contributed by atoms with Gasteiger partial charge in [0, 0.05) is 31.4 Å². The predicted octanol–water partition coefficient (Wildman–Crippen LogP) is 3.68. The average molecular weight is 412 g/mol. The maximum absolute atomic E-state index is 14.1. The van der Waals surface area contributed by atoms with E-state index in [0.29, 0.717) is 23.0 Å². The highest BCUT2D eigenvalue weighted by atomic mass is 19.1. The fourth-order valence-electron chi connectivity index (χ4n) is 2.69. The first-order valence-corrected chi connectivity index (χ1v) is 8.79. The number of carbonyl (C=O) groups is 1. The number of aryl methyl sites for hydroxylation is 1. The number of aromatic nitrogens is 2. The molecule has 0 saturated carbocycles. The standard InChI is InChI=1S/C21H18F2N4O3/c1-4-20(28)25-13-6-8-18(30-19-7-5-12(22)9-15(19)23)14(10-13)16-11-17(24-2)21(29)27(3)26-16/h4-11,24H,1H2,2-3H3,(H,25,28). The van der Waals surface area contributed by atoms with Gasteiger partial charge in [0.15, 0.2) is 11.6 Å². The van der Waals surface area contributed by atoms with Crippen molar-refractivity contribution in [3.63, 3.8) is 0 Å². The van der Waals surface area contributed by atoms with Gasteiger partial charge in [0.2, 0.25) is 5.91 Å². The maximum Gasteiger partial charge on any atom is 0.289 e. The minimum absolute atomic E-state index is 0.185. The fourth-order valence-corrected chi connectivity index (χ4v) is 2.69. The quantitative estimate of drug-likeness (QED) is 0.604. The number of amides is 1. The number of nitrogens with zero attached hydrogens (tertiary/aromatic N) is 2. The van der Waals surface area contributed by atoms with Crippen LogP contribution in [0, 0.1) is 11.6 Å². The molecule has 0 aliphatic rings. The average Bonchev–Trinajstić information content (AvgIpc) is 2.72. The lowest BCUT2D eigenvalue weighted by atomic mass is 10.1. The summed E-state index contributed by atoms with van der Waals surface area (Å²) in [6.45, 7) is 3.40. The zero-order valence-corrected chi connectivity index (χ0v) is 16.2. The molecule has 2 aromatic carbocycles. The van der Waals surface area contributed by atoms with Gasteiger partial charge in [0.05, 0.1) is 5.69 Å². The molecule has 3 aromatic rings. The Morgan fingerprint density at radius 1 is 1.17 bits per heavy atom. The van der Waals surface area contributed by atoms with Crippen LogP contribution in [0.25, 0.3) is 11.3 Å².